The van der Waals surface area contributed by atoms with Gasteiger partial charge in [0.05, 0.1) is 19.8 Å². The molecule has 1 aromatic rings. The van der Waals surface area contributed by atoms with Gasteiger partial charge in [-0.25, -0.2) is 4.99 Å². The fourth-order valence-corrected chi connectivity index (χ4v) is 1.90. The lowest BCUT2D eigenvalue weighted by Crippen LogP contribution is -2.40. The molecule has 0 aliphatic rings. The summed E-state index contributed by atoms with van der Waals surface area (Å²) < 4.78 is 10.8. The Labute approximate surface area is 150 Å². The Kier molecular flexibility index (Phi) is 11.0. The maximum atomic E-state index is 5.88. The lowest BCUT2D eigenvalue weighted by atomic mass is 10.1. The van der Waals surface area contributed by atoms with Gasteiger partial charge in [-0.15, -0.1) is 24.0 Å². The first-order valence-corrected chi connectivity index (χ1v) is 7.34. The van der Waals surface area contributed by atoms with Gasteiger partial charge < -0.3 is 20.5 Å². The van der Waals surface area contributed by atoms with Crippen molar-refractivity contribution in [3.8, 4) is 5.75 Å². The molecular weight excluding hydrogens is 393 g/mol. The number of guanidine groups is 1. The molecule has 0 aliphatic heterocycles. The van der Waals surface area contributed by atoms with Crippen molar-refractivity contribution in [1.82, 2.24) is 5.32 Å². The van der Waals surface area contributed by atoms with E-state index < -0.39 is 0 Å². The van der Waals surface area contributed by atoms with Gasteiger partial charge in [-0.2, -0.15) is 0 Å². The van der Waals surface area contributed by atoms with Crippen LogP contribution in [0.5, 0.6) is 5.75 Å². The van der Waals surface area contributed by atoms with Gasteiger partial charge in [0.15, 0.2) is 5.96 Å². The first-order chi connectivity index (χ1) is 10.1. The Hall–Kier alpha value is -1.02. The second kappa shape index (κ2) is 11.5. The molecule has 0 bridgehead atoms. The number of aliphatic imine (C=N–C) groups is 1. The third kappa shape index (κ3) is 7.84. The van der Waals surface area contributed by atoms with E-state index >= 15 is 0 Å². The standard InChI is InChI=1S/C16H27N3O2.HI/c1-5-8-21-15-9-12(2)6-7-14(15)10-18-16(17)19-13(3)11-20-4;/h6-7,9,13H,5,8,10-11H2,1-4H3,(H3,17,18,19);1H. The number of nitrogens with one attached hydrogen (secondary N) is 1. The highest BCUT2D eigenvalue weighted by Gasteiger charge is 2.05. The molecule has 0 saturated heterocycles. The first kappa shape index (κ1) is 21.0. The summed E-state index contributed by atoms with van der Waals surface area (Å²) >= 11 is 0. The Balaban J connectivity index is 0.00000441. The summed E-state index contributed by atoms with van der Waals surface area (Å²) in [5, 5.41) is 3.09. The summed E-state index contributed by atoms with van der Waals surface area (Å²) in [7, 11) is 1.66. The zero-order valence-corrected chi connectivity index (χ0v) is 16.2. The maximum Gasteiger partial charge on any atom is 0.189 e. The first-order valence-electron chi connectivity index (χ1n) is 7.34. The van der Waals surface area contributed by atoms with E-state index in [0.29, 0.717) is 25.7 Å². The van der Waals surface area contributed by atoms with Crippen molar-refractivity contribution in [2.75, 3.05) is 20.3 Å². The van der Waals surface area contributed by atoms with Gasteiger partial charge in [0.2, 0.25) is 0 Å². The predicted molar refractivity (Wildman–Crippen MR) is 102 cm³/mol. The number of nitrogens with zero attached hydrogens (tertiary/aromatic N) is 1. The number of nitrogens with two attached hydrogens (primary N) is 1. The number of ether oxygens (including phenoxy) is 2. The Bertz CT molecular complexity index is 467. The quantitative estimate of drug-likeness (QED) is 0.385. The van der Waals surface area contributed by atoms with Crippen LogP contribution in [0, 0.1) is 6.92 Å². The third-order valence-electron chi connectivity index (χ3n) is 2.92. The minimum Gasteiger partial charge on any atom is -0.493 e. The molecule has 0 aliphatic carbocycles. The van der Waals surface area contributed by atoms with Crippen molar-refractivity contribution in [2.45, 2.75) is 39.8 Å². The lowest BCUT2D eigenvalue weighted by Gasteiger charge is -2.14. The topological polar surface area (TPSA) is 68.9 Å². The van der Waals surface area contributed by atoms with Gasteiger partial charge in [-0.1, -0.05) is 19.1 Å². The normalized spacial score (nSPS) is 12.5. The Morgan fingerprint density at radius 3 is 2.77 bits per heavy atom. The van der Waals surface area contributed by atoms with Crippen LogP contribution in [0.3, 0.4) is 0 Å². The molecule has 0 saturated carbocycles. The van der Waals surface area contributed by atoms with Gasteiger partial charge >= 0.3 is 0 Å². The molecule has 1 aromatic carbocycles. The molecule has 6 heteroatoms. The smallest absolute Gasteiger partial charge is 0.189 e. The summed E-state index contributed by atoms with van der Waals surface area (Å²) in [6.07, 6.45) is 0.981. The average molecular weight is 421 g/mol. The van der Waals surface area contributed by atoms with Crippen LogP contribution in [0.4, 0.5) is 0 Å². The van der Waals surface area contributed by atoms with Crippen LogP contribution in [0.25, 0.3) is 0 Å². The molecule has 0 heterocycles. The van der Waals surface area contributed by atoms with Crippen LogP contribution in [0.2, 0.25) is 0 Å². The van der Waals surface area contributed by atoms with E-state index in [1.165, 1.54) is 5.56 Å². The average Bonchev–Trinajstić information content (AvgIpc) is 2.44. The minimum absolute atomic E-state index is 0. The summed E-state index contributed by atoms with van der Waals surface area (Å²) in [6.45, 7) is 7.93. The second-order valence-electron chi connectivity index (χ2n) is 5.16. The molecule has 0 amide bonds. The molecule has 1 atom stereocenters. The minimum atomic E-state index is 0. The number of hydrogen-bond acceptors (Lipinski definition) is 3. The number of rotatable bonds is 8. The molecular formula is C16H28IN3O2. The van der Waals surface area contributed by atoms with Crippen molar-refractivity contribution < 1.29 is 9.47 Å². The SMILES string of the molecule is CCCOc1cc(C)ccc1CN=C(N)NC(C)COC.I. The van der Waals surface area contributed by atoms with Gasteiger partial charge in [0, 0.05) is 18.7 Å². The fourth-order valence-electron chi connectivity index (χ4n) is 1.90. The zero-order valence-electron chi connectivity index (χ0n) is 13.9. The van der Waals surface area contributed by atoms with E-state index in [1.54, 1.807) is 7.11 Å². The molecule has 0 aromatic heterocycles. The van der Waals surface area contributed by atoms with E-state index in [9.17, 15) is 0 Å². The van der Waals surface area contributed by atoms with Gasteiger partial charge in [-0.05, 0) is 31.9 Å². The van der Waals surface area contributed by atoms with Gasteiger partial charge in [0.25, 0.3) is 0 Å². The van der Waals surface area contributed by atoms with E-state index in [-0.39, 0.29) is 30.0 Å². The highest BCUT2D eigenvalue weighted by atomic mass is 127. The highest BCUT2D eigenvalue weighted by molar-refractivity contribution is 14.0. The monoisotopic (exact) mass is 421 g/mol. The Morgan fingerprint density at radius 2 is 2.14 bits per heavy atom. The maximum absolute atomic E-state index is 5.88. The number of aryl methyl sites for hydroxylation is 1. The van der Waals surface area contributed by atoms with Crippen molar-refractivity contribution in [3.63, 3.8) is 0 Å². The number of methoxy groups -OCH3 is 1. The molecule has 5 nitrogen and oxygen atoms in total. The van der Waals surface area contributed by atoms with Gasteiger partial charge in [-0.3, -0.25) is 0 Å². The lowest BCUT2D eigenvalue weighted by molar-refractivity contribution is 0.179. The molecule has 1 rings (SSSR count). The van der Waals surface area contributed by atoms with Crippen molar-refractivity contribution in [3.05, 3.63) is 29.3 Å². The van der Waals surface area contributed by atoms with Crippen LogP contribution < -0.4 is 15.8 Å². The van der Waals surface area contributed by atoms with E-state index in [4.69, 9.17) is 15.2 Å². The van der Waals surface area contributed by atoms with Crippen LogP contribution in [-0.2, 0) is 11.3 Å². The van der Waals surface area contributed by atoms with E-state index in [1.807, 2.05) is 26.0 Å². The second-order valence-corrected chi connectivity index (χ2v) is 5.16. The zero-order chi connectivity index (χ0) is 15.7. The fraction of sp³-hybridized carbons (Fsp3) is 0.562. The molecule has 3 N–H and O–H groups in total. The number of hydrogen-bond donors (Lipinski definition) is 2. The van der Waals surface area contributed by atoms with Gasteiger partial charge in [0.1, 0.15) is 5.75 Å². The summed E-state index contributed by atoms with van der Waals surface area (Å²) in [4.78, 5) is 4.36. The van der Waals surface area contributed by atoms with Crippen LogP contribution in [0.15, 0.2) is 23.2 Å². The number of halogens is 1. The molecule has 22 heavy (non-hydrogen) atoms. The molecule has 0 spiro atoms. The van der Waals surface area contributed by atoms with Crippen molar-refractivity contribution in [2.24, 2.45) is 10.7 Å². The van der Waals surface area contributed by atoms with Crippen molar-refractivity contribution >= 4 is 29.9 Å². The molecule has 0 radical (unpaired) electrons. The highest BCUT2D eigenvalue weighted by Crippen LogP contribution is 2.21. The Morgan fingerprint density at radius 1 is 1.41 bits per heavy atom. The summed E-state index contributed by atoms with van der Waals surface area (Å²) in [5.41, 5.74) is 8.09. The van der Waals surface area contributed by atoms with Crippen LogP contribution in [0.1, 0.15) is 31.4 Å². The third-order valence-corrected chi connectivity index (χ3v) is 2.92. The number of benzene rings is 1. The molecule has 0 fully saturated rings. The van der Waals surface area contributed by atoms with Crippen LogP contribution in [-0.4, -0.2) is 32.3 Å². The molecule has 126 valence electrons. The predicted octanol–water partition coefficient (Wildman–Crippen LogP) is 2.84. The summed E-state index contributed by atoms with van der Waals surface area (Å²) in [5.74, 6) is 1.31. The summed E-state index contributed by atoms with van der Waals surface area (Å²) in [6, 6.07) is 6.27. The largest absolute Gasteiger partial charge is 0.493 e. The van der Waals surface area contributed by atoms with Crippen LogP contribution >= 0.6 is 24.0 Å². The van der Waals surface area contributed by atoms with E-state index in [0.717, 1.165) is 17.7 Å². The van der Waals surface area contributed by atoms with E-state index in [2.05, 4.69) is 23.3 Å². The van der Waals surface area contributed by atoms with Crippen molar-refractivity contribution in [1.29, 1.82) is 0 Å². The molecule has 1 unspecified atom stereocenters.